The van der Waals surface area contributed by atoms with E-state index in [0.717, 1.165) is 30.9 Å². The maximum absolute atomic E-state index is 12.7. The molecule has 2 rings (SSSR count). The van der Waals surface area contributed by atoms with E-state index in [0.29, 0.717) is 39.0 Å². The number of carbonyl (C=O) groups is 1. The monoisotopic (exact) mass is 432 g/mol. The lowest BCUT2D eigenvalue weighted by Crippen LogP contribution is -2.35. The molecule has 0 bridgehead atoms. The molecule has 7 heteroatoms. The van der Waals surface area contributed by atoms with Gasteiger partial charge in [-0.2, -0.15) is 5.26 Å². The highest BCUT2D eigenvalue weighted by atomic mass is 35.5. The molecule has 2 N–H and O–H groups in total. The van der Waals surface area contributed by atoms with Gasteiger partial charge in [0.2, 0.25) is 0 Å². The molecule has 154 valence electrons. The second-order valence-corrected chi connectivity index (χ2v) is 7.58. The van der Waals surface area contributed by atoms with Gasteiger partial charge in [0.25, 0.3) is 5.91 Å². The van der Waals surface area contributed by atoms with Gasteiger partial charge in [-0.3, -0.25) is 4.79 Å². The molecule has 0 aliphatic carbocycles. The summed E-state index contributed by atoms with van der Waals surface area (Å²) in [6.45, 7) is 11.2. The first-order valence-electron chi connectivity index (χ1n) is 9.59. The lowest BCUT2D eigenvalue weighted by atomic mass is 10.0. The summed E-state index contributed by atoms with van der Waals surface area (Å²) in [7, 11) is 0. The van der Waals surface area contributed by atoms with Crippen LogP contribution in [0.2, 0.25) is 10.0 Å². The lowest BCUT2D eigenvalue weighted by molar-refractivity contribution is 0.0948. The highest BCUT2D eigenvalue weighted by molar-refractivity contribution is 6.36. The van der Waals surface area contributed by atoms with Crippen LogP contribution in [0, 0.1) is 25.2 Å². The number of likely N-dealkylation sites (N-methyl/N-ethyl adjacent to an activating group) is 1. The van der Waals surface area contributed by atoms with Crippen molar-refractivity contribution in [1.82, 2.24) is 15.2 Å². The Balaban J connectivity index is 2.26. The number of aromatic amines is 1. The molecule has 1 amide bonds. The third kappa shape index (κ3) is 5.63. The van der Waals surface area contributed by atoms with Crippen molar-refractivity contribution in [3.05, 3.63) is 56.3 Å². The fourth-order valence-corrected chi connectivity index (χ4v) is 3.75. The molecule has 2 aromatic rings. The van der Waals surface area contributed by atoms with Crippen LogP contribution in [0.3, 0.4) is 0 Å². The molecule has 0 spiro atoms. The summed E-state index contributed by atoms with van der Waals surface area (Å²) >= 11 is 12.2. The quantitative estimate of drug-likeness (QED) is 0.571. The minimum Gasteiger partial charge on any atom is -0.358 e. The average molecular weight is 433 g/mol. The fourth-order valence-electron chi connectivity index (χ4n) is 3.24. The van der Waals surface area contributed by atoms with E-state index in [1.165, 1.54) is 0 Å². The zero-order valence-electron chi connectivity index (χ0n) is 17.2. The molecule has 1 heterocycles. The summed E-state index contributed by atoms with van der Waals surface area (Å²) < 4.78 is 0. The van der Waals surface area contributed by atoms with Gasteiger partial charge in [0.05, 0.1) is 22.2 Å². The van der Waals surface area contributed by atoms with Crippen LogP contribution >= 0.6 is 23.2 Å². The summed E-state index contributed by atoms with van der Waals surface area (Å²) in [6.07, 6.45) is 1.71. The van der Waals surface area contributed by atoms with Crippen LogP contribution in [-0.4, -0.2) is 42.0 Å². The number of halogens is 2. The molecule has 5 nitrogen and oxygen atoms in total. The number of carbonyl (C=O) groups excluding carboxylic acids is 1. The van der Waals surface area contributed by atoms with Crippen molar-refractivity contribution < 1.29 is 4.79 Å². The molecule has 1 aromatic carbocycles. The van der Waals surface area contributed by atoms with Crippen molar-refractivity contribution in [2.24, 2.45) is 0 Å². The van der Waals surface area contributed by atoms with Gasteiger partial charge in [-0.1, -0.05) is 43.1 Å². The van der Waals surface area contributed by atoms with E-state index in [1.807, 2.05) is 13.8 Å². The van der Waals surface area contributed by atoms with Crippen molar-refractivity contribution in [3.63, 3.8) is 0 Å². The SMILES string of the molecule is CCN(CC)CCNC(=O)c1c(C)[nH]c(/C=C(\C#N)c2ccc(Cl)cc2Cl)c1C. The Morgan fingerprint density at radius 3 is 2.55 bits per heavy atom. The number of aryl methyl sites for hydroxylation is 1. The van der Waals surface area contributed by atoms with E-state index >= 15 is 0 Å². The van der Waals surface area contributed by atoms with Gasteiger partial charge in [-0.05, 0) is 50.7 Å². The van der Waals surface area contributed by atoms with Crippen LogP contribution in [0.1, 0.15) is 46.7 Å². The number of aromatic nitrogens is 1. The number of rotatable bonds is 8. The van der Waals surface area contributed by atoms with E-state index in [9.17, 15) is 10.1 Å². The first kappa shape index (κ1) is 23.0. The summed E-state index contributed by atoms with van der Waals surface area (Å²) in [5.41, 5.74) is 3.85. The predicted octanol–water partition coefficient (Wildman–Crippen LogP) is 5.07. The highest BCUT2D eigenvalue weighted by Gasteiger charge is 2.18. The van der Waals surface area contributed by atoms with E-state index in [2.05, 4.69) is 35.1 Å². The molecular weight excluding hydrogens is 407 g/mol. The fraction of sp³-hybridized carbons (Fsp3) is 0.364. The third-order valence-electron chi connectivity index (χ3n) is 4.94. The second-order valence-electron chi connectivity index (χ2n) is 6.74. The number of hydrogen-bond donors (Lipinski definition) is 2. The topological polar surface area (TPSA) is 71.9 Å². The van der Waals surface area contributed by atoms with E-state index in [-0.39, 0.29) is 5.91 Å². The summed E-state index contributed by atoms with van der Waals surface area (Å²) in [6, 6.07) is 7.19. The molecule has 0 unspecified atom stereocenters. The van der Waals surface area contributed by atoms with Crippen LogP contribution in [0.5, 0.6) is 0 Å². The standard InChI is InChI=1S/C22H26Cl2N4O/c1-5-28(6-2)10-9-26-22(29)21-14(3)20(27-15(21)4)11-16(13-25)18-8-7-17(23)12-19(18)24/h7-8,11-12,27H,5-6,9-10H2,1-4H3,(H,26,29)/b16-11+. The van der Waals surface area contributed by atoms with E-state index in [4.69, 9.17) is 23.2 Å². The Labute approximate surface area is 182 Å². The Morgan fingerprint density at radius 2 is 1.97 bits per heavy atom. The van der Waals surface area contributed by atoms with Crippen molar-refractivity contribution in [3.8, 4) is 6.07 Å². The Bertz CT molecular complexity index is 952. The van der Waals surface area contributed by atoms with Gasteiger partial charge in [0, 0.05) is 35.1 Å². The van der Waals surface area contributed by atoms with Gasteiger partial charge in [0.1, 0.15) is 0 Å². The van der Waals surface area contributed by atoms with Gasteiger partial charge in [-0.25, -0.2) is 0 Å². The Kier molecular flexibility index (Phi) is 8.33. The van der Waals surface area contributed by atoms with Crippen LogP contribution in [0.4, 0.5) is 0 Å². The van der Waals surface area contributed by atoms with Crippen molar-refractivity contribution >= 4 is 40.8 Å². The number of hydrogen-bond acceptors (Lipinski definition) is 3. The number of amides is 1. The molecule has 0 atom stereocenters. The van der Waals surface area contributed by atoms with E-state index in [1.54, 1.807) is 24.3 Å². The van der Waals surface area contributed by atoms with Crippen LogP contribution in [0.15, 0.2) is 18.2 Å². The normalized spacial score (nSPS) is 11.6. The van der Waals surface area contributed by atoms with Gasteiger partial charge < -0.3 is 15.2 Å². The maximum Gasteiger partial charge on any atom is 0.253 e. The molecule has 0 aliphatic rings. The smallest absolute Gasteiger partial charge is 0.253 e. The zero-order valence-corrected chi connectivity index (χ0v) is 18.7. The highest BCUT2D eigenvalue weighted by Crippen LogP contribution is 2.29. The number of allylic oxidation sites excluding steroid dienone is 1. The minimum atomic E-state index is -0.119. The van der Waals surface area contributed by atoms with Crippen molar-refractivity contribution in [2.75, 3.05) is 26.2 Å². The molecule has 0 saturated heterocycles. The number of nitriles is 1. The second kappa shape index (κ2) is 10.5. The predicted molar refractivity (Wildman–Crippen MR) is 120 cm³/mol. The number of benzene rings is 1. The first-order valence-corrected chi connectivity index (χ1v) is 10.3. The van der Waals surface area contributed by atoms with Gasteiger partial charge in [0.15, 0.2) is 0 Å². The van der Waals surface area contributed by atoms with Crippen molar-refractivity contribution in [1.29, 1.82) is 5.26 Å². The molecular formula is C22H26Cl2N4O. The van der Waals surface area contributed by atoms with Crippen LogP contribution in [0.25, 0.3) is 11.6 Å². The van der Waals surface area contributed by atoms with Gasteiger partial charge in [-0.15, -0.1) is 0 Å². The largest absolute Gasteiger partial charge is 0.358 e. The van der Waals surface area contributed by atoms with Crippen molar-refractivity contribution in [2.45, 2.75) is 27.7 Å². The molecule has 29 heavy (non-hydrogen) atoms. The molecule has 1 aromatic heterocycles. The third-order valence-corrected chi connectivity index (χ3v) is 5.49. The first-order chi connectivity index (χ1) is 13.8. The summed E-state index contributed by atoms with van der Waals surface area (Å²) in [4.78, 5) is 18.2. The average Bonchev–Trinajstić information content (AvgIpc) is 2.96. The van der Waals surface area contributed by atoms with Crippen LogP contribution in [-0.2, 0) is 0 Å². The van der Waals surface area contributed by atoms with E-state index < -0.39 is 0 Å². The van der Waals surface area contributed by atoms with Gasteiger partial charge >= 0.3 is 0 Å². The number of nitrogens with zero attached hydrogens (tertiary/aromatic N) is 2. The van der Waals surface area contributed by atoms with Crippen LogP contribution < -0.4 is 5.32 Å². The molecule has 0 saturated carbocycles. The zero-order chi connectivity index (χ0) is 21.6. The Hall–Kier alpha value is -2.26. The maximum atomic E-state index is 12.7. The molecule has 0 aliphatic heterocycles. The number of nitrogens with one attached hydrogen (secondary N) is 2. The number of H-pyrrole nitrogens is 1. The minimum absolute atomic E-state index is 0.119. The molecule has 0 radical (unpaired) electrons. The Morgan fingerprint density at radius 1 is 1.28 bits per heavy atom. The summed E-state index contributed by atoms with van der Waals surface area (Å²) in [5, 5.41) is 13.5. The lowest BCUT2D eigenvalue weighted by Gasteiger charge is -2.18. The summed E-state index contributed by atoms with van der Waals surface area (Å²) in [5.74, 6) is -0.119. The molecule has 0 fully saturated rings.